The summed E-state index contributed by atoms with van der Waals surface area (Å²) < 4.78 is 0.868. The van der Waals surface area contributed by atoms with E-state index in [1.165, 1.54) is 0 Å². The molecule has 0 N–H and O–H groups in total. The summed E-state index contributed by atoms with van der Waals surface area (Å²) in [5.74, 6) is 2.44. The Labute approximate surface area is 62.2 Å². The van der Waals surface area contributed by atoms with Crippen LogP contribution in [0.3, 0.4) is 0 Å². The molecule has 0 unspecified atom stereocenters. The van der Waals surface area contributed by atoms with Gasteiger partial charge in [-0.05, 0) is 34.0 Å². The molecule has 1 nitrogen and oxygen atoms in total. The first-order valence-electron chi connectivity index (χ1n) is 2.41. The van der Waals surface area contributed by atoms with Gasteiger partial charge in [-0.2, -0.15) is 0 Å². The molecule has 0 aromatic carbocycles. The zero-order valence-electron chi connectivity index (χ0n) is 4.63. The number of hydrogen-bond donors (Lipinski definition) is 0. The maximum atomic E-state index is 5.11. The van der Waals surface area contributed by atoms with Crippen LogP contribution in [0.4, 0.5) is 0 Å². The number of terminal acetylenes is 1. The molecule has 0 aliphatic rings. The molecule has 0 spiro atoms. The van der Waals surface area contributed by atoms with Crippen LogP contribution < -0.4 is 0 Å². The highest BCUT2D eigenvalue weighted by molar-refractivity contribution is 9.10. The Morgan fingerprint density at radius 2 is 2.44 bits per heavy atom. The van der Waals surface area contributed by atoms with E-state index in [1.54, 1.807) is 6.20 Å². The minimum Gasteiger partial charge on any atom is -0.247 e. The van der Waals surface area contributed by atoms with E-state index < -0.39 is 0 Å². The third kappa shape index (κ3) is 1.30. The fourth-order valence-corrected chi connectivity index (χ4v) is 0.861. The Bertz CT molecular complexity index is 249. The van der Waals surface area contributed by atoms with Gasteiger partial charge in [0, 0.05) is 6.20 Å². The average molecular weight is 182 g/mol. The highest BCUT2D eigenvalue weighted by atomic mass is 79.9. The van der Waals surface area contributed by atoms with Gasteiger partial charge in [-0.1, -0.05) is 0 Å². The first-order chi connectivity index (χ1) is 4.34. The Morgan fingerprint density at radius 3 is 2.89 bits per heavy atom. The SMILES string of the molecule is C#Cc1ncccc1Br. The average Bonchev–Trinajstić information content (AvgIpc) is 1.89. The van der Waals surface area contributed by atoms with Gasteiger partial charge in [-0.25, -0.2) is 4.98 Å². The van der Waals surface area contributed by atoms with Crippen LogP contribution in [0.1, 0.15) is 5.69 Å². The summed E-state index contributed by atoms with van der Waals surface area (Å²) in [4.78, 5) is 3.91. The van der Waals surface area contributed by atoms with Crippen LogP contribution in [0.25, 0.3) is 0 Å². The summed E-state index contributed by atoms with van der Waals surface area (Å²) in [5.41, 5.74) is 0.650. The standard InChI is InChI=1S/C7H4BrN/c1-2-7-6(8)4-3-5-9-7/h1,3-5H. The van der Waals surface area contributed by atoms with Crippen molar-refractivity contribution in [2.45, 2.75) is 0 Å². The molecule has 0 fully saturated rings. The number of halogens is 1. The van der Waals surface area contributed by atoms with Crippen molar-refractivity contribution in [1.29, 1.82) is 0 Å². The maximum absolute atomic E-state index is 5.11. The van der Waals surface area contributed by atoms with E-state index in [0.29, 0.717) is 5.69 Å². The predicted octanol–water partition coefficient (Wildman–Crippen LogP) is 1.83. The van der Waals surface area contributed by atoms with Crippen molar-refractivity contribution in [3.8, 4) is 12.3 Å². The topological polar surface area (TPSA) is 12.9 Å². The van der Waals surface area contributed by atoms with Gasteiger partial charge in [-0.3, -0.25) is 0 Å². The monoisotopic (exact) mass is 181 g/mol. The molecule has 1 aromatic heterocycles. The van der Waals surface area contributed by atoms with Gasteiger partial charge < -0.3 is 0 Å². The molecule has 44 valence electrons. The van der Waals surface area contributed by atoms with Gasteiger partial charge in [0.25, 0.3) is 0 Å². The Morgan fingerprint density at radius 1 is 1.67 bits per heavy atom. The van der Waals surface area contributed by atoms with Crippen LogP contribution in [-0.2, 0) is 0 Å². The van der Waals surface area contributed by atoms with Crippen LogP contribution in [0, 0.1) is 12.3 Å². The minimum atomic E-state index is 0.650. The fraction of sp³-hybridized carbons (Fsp3) is 0. The lowest BCUT2D eigenvalue weighted by molar-refractivity contribution is 1.27. The van der Waals surface area contributed by atoms with Gasteiger partial charge >= 0.3 is 0 Å². The molecule has 0 radical (unpaired) electrons. The van der Waals surface area contributed by atoms with Crippen molar-refractivity contribution in [2.24, 2.45) is 0 Å². The molecule has 1 heterocycles. The largest absolute Gasteiger partial charge is 0.247 e. The zero-order valence-corrected chi connectivity index (χ0v) is 6.22. The van der Waals surface area contributed by atoms with Crippen LogP contribution in [0.15, 0.2) is 22.8 Å². The first kappa shape index (κ1) is 6.31. The molecule has 1 aromatic rings. The molecular formula is C7H4BrN. The summed E-state index contributed by atoms with van der Waals surface area (Å²) in [6.45, 7) is 0. The lowest BCUT2D eigenvalue weighted by Crippen LogP contribution is -1.80. The van der Waals surface area contributed by atoms with E-state index in [1.807, 2.05) is 12.1 Å². The molecule has 0 aliphatic heterocycles. The highest BCUT2D eigenvalue weighted by Gasteiger charge is 1.91. The summed E-state index contributed by atoms with van der Waals surface area (Å²) in [6, 6.07) is 3.69. The number of pyridine rings is 1. The molecule has 0 atom stereocenters. The number of nitrogens with zero attached hydrogens (tertiary/aromatic N) is 1. The summed E-state index contributed by atoms with van der Waals surface area (Å²) >= 11 is 3.25. The highest BCUT2D eigenvalue weighted by Crippen LogP contribution is 2.10. The van der Waals surface area contributed by atoms with E-state index in [2.05, 4.69) is 26.8 Å². The second kappa shape index (κ2) is 2.65. The van der Waals surface area contributed by atoms with Crippen molar-refractivity contribution in [3.05, 3.63) is 28.5 Å². The van der Waals surface area contributed by atoms with E-state index in [4.69, 9.17) is 6.42 Å². The third-order valence-electron chi connectivity index (χ3n) is 0.895. The van der Waals surface area contributed by atoms with E-state index in [-0.39, 0.29) is 0 Å². The zero-order chi connectivity index (χ0) is 6.69. The second-order valence-corrected chi connectivity index (χ2v) is 2.33. The molecule has 0 saturated carbocycles. The molecule has 0 aliphatic carbocycles. The van der Waals surface area contributed by atoms with E-state index >= 15 is 0 Å². The van der Waals surface area contributed by atoms with E-state index in [9.17, 15) is 0 Å². The molecular weight excluding hydrogens is 178 g/mol. The van der Waals surface area contributed by atoms with Gasteiger partial charge in [0.2, 0.25) is 0 Å². The summed E-state index contributed by atoms with van der Waals surface area (Å²) in [7, 11) is 0. The normalized spacial score (nSPS) is 8.44. The lowest BCUT2D eigenvalue weighted by atomic mass is 10.4. The quantitative estimate of drug-likeness (QED) is 0.557. The van der Waals surface area contributed by atoms with Crippen LogP contribution in [-0.4, -0.2) is 4.98 Å². The maximum Gasteiger partial charge on any atom is 0.127 e. The number of aromatic nitrogens is 1. The molecule has 0 bridgehead atoms. The molecule has 9 heavy (non-hydrogen) atoms. The van der Waals surface area contributed by atoms with Gasteiger partial charge in [-0.15, -0.1) is 6.42 Å². The first-order valence-corrected chi connectivity index (χ1v) is 3.21. The van der Waals surface area contributed by atoms with Gasteiger partial charge in [0.05, 0.1) is 4.47 Å². The van der Waals surface area contributed by atoms with Crippen LogP contribution in [0.5, 0.6) is 0 Å². The Balaban J connectivity index is 3.20. The Kier molecular flexibility index (Phi) is 1.86. The van der Waals surface area contributed by atoms with Crippen molar-refractivity contribution < 1.29 is 0 Å². The van der Waals surface area contributed by atoms with E-state index in [0.717, 1.165) is 4.47 Å². The van der Waals surface area contributed by atoms with Crippen molar-refractivity contribution in [2.75, 3.05) is 0 Å². The second-order valence-electron chi connectivity index (χ2n) is 1.48. The molecule has 1 rings (SSSR count). The summed E-state index contributed by atoms with van der Waals surface area (Å²) in [6.07, 6.45) is 6.77. The third-order valence-corrected chi connectivity index (χ3v) is 1.54. The smallest absolute Gasteiger partial charge is 0.127 e. The predicted molar refractivity (Wildman–Crippen MR) is 39.9 cm³/mol. The lowest BCUT2D eigenvalue weighted by Gasteiger charge is -1.89. The number of hydrogen-bond acceptors (Lipinski definition) is 1. The van der Waals surface area contributed by atoms with Crippen LogP contribution >= 0.6 is 15.9 Å². The summed E-state index contributed by atoms with van der Waals surface area (Å²) in [5, 5.41) is 0. The van der Waals surface area contributed by atoms with Crippen LogP contribution in [0.2, 0.25) is 0 Å². The molecule has 0 saturated heterocycles. The van der Waals surface area contributed by atoms with Gasteiger partial charge in [0.1, 0.15) is 5.69 Å². The number of rotatable bonds is 0. The molecule has 2 heteroatoms. The molecule has 0 amide bonds. The van der Waals surface area contributed by atoms with Crippen molar-refractivity contribution >= 4 is 15.9 Å². The Hall–Kier alpha value is -0.810. The fourth-order valence-electron chi connectivity index (χ4n) is 0.492. The van der Waals surface area contributed by atoms with Crippen molar-refractivity contribution in [3.63, 3.8) is 0 Å². The van der Waals surface area contributed by atoms with Gasteiger partial charge in [0.15, 0.2) is 0 Å². The van der Waals surface area contributed by atoms with Crippen molar-refractivity contribution in [1.82, 2.24) is 4.98 Å². The minimum absolute atomic E-state index is 0.650.